The van der Waals surface area contributed by atoms with Crippen molar-refractivity contribution in [3.05, 3.63) is 81.9 Å². The molecule has 0 aliphatic carbocycles. The van der Waals surface area contributed by atoms with Crippen molar-refractivity contribution in [2.45, 2.75) is 20.4 Å². The van der Waals surface area contributed by atoms with Crippen LogP contribution in [0, 0.1) is 6.92 Å². The topological polar surface area (TPSA) is 74.1 Å². The summed E-state index contributed by atoms with van der Waals surface area (Å²) in [6.45, 7) is 3.98. The van der Waals surface area contributed by atoms with Crippen LogP contribution in [0.15, 0.2) is 59.5 Å². The zero-order valence-corrected chi connectivity index (χ0v) is 15.7. The van der Waals surface area contributed by atoms with Gasteiger partial charge >= 0.3 is 5.97 Å². The Morgan fingerprint density at radius 2 is 1.79 bits per heavy atom. The number of fused-ring (bicyclic) bond motifs is 2. The van der Waals surface area contributed by atoms with E-state index in [1.807, 2.05) is 49.4 Å². The number of pyridine rings is 1. The average molecular weight is 373 g/mol. The van der Waals surface area contributed by atoms with Gasteiger partial charge in [-0.2, -0.15) is 5.10 Å². The molecule has 4 aromatic rings. The summed E-state index contributed by atoms with van der Waals surface area (Å²) in [6.07, 6.45) is 1.65. The number of aryl methyl sites for hydroxylation is 1. The lowest BCUT2D eigenvalue weighted by atomic mass is 10.0. The van der Waals surface area contributed by atoms with Crippen LogP contribution < -0.4 is 5.56 Å². The van der Waals surface area contributed by atoms with E-state index in [0.29, 0.717) is 16.6 Å². The standard InChI is InChI=1S/C22H19N3O3/c1-3-28-22(27)20-14(2)16-9-6-7-11-18(16)24-19(20)13-25-21(26)17-10-5-4-8-15(17)12-23-25/h4-12H,3,13H2,1-2H3. The van der Waals surface area contributed by atoms with Crippen LogP contribution in [0.3, 0.4) is 0 Å². The maximum Gasteiger partial charge on any atom is 0.340 e. The van der Waals surface area contributed by atoms with Crippen LogP contribution in [0.4, 0.5) is 0 Å². The molecule has 28 heavy (non-hydrogen) atoms. The van der Waals surface area contributed by atoms with Gasteiger partial charge in [0.05, 0.1) is 41.5 Å². The zero-order valence-electron chi connectivity index (χ0n) is 15.7. The molecule has 2 aromatic heterocycles. The summed E-state index contributed by atoms with van der Waals surface area (Å²) in [5.74, 6) is -0.443. The number of aromatic nitrogens is 3. The molecule has 2 aromatic carbocycles. The molecule has 0 saturated carbocycles. The highest BCUT2D eigenvalue weighted by molar-refractivity contribution is 5.98. The Labute approximate surface area is 161 Å². The molecule has 0 amide bonds. The van der Waals surface area contributed by atoms with E-state index in [4.69, 9.17) is 4.74 Å². The Balaban J connectivity index is 1.90. The second-order valence-corrected chi connectivity index (χ2v) is 6.49. The van der Waals surface area contributed by atoms with E-state index in [9.17, 15) is 9.59 Å². The third kappa shape index (κ3) is 3.03. The van der Waals surface area contributed by atoms with Gasteiger partial charge in [-0.05, 0) is 31.5 Å². The molecule has 2 heterocycles. The number of nitrogens with zero attached hydrogens (tertiary/aromatic N) is 3. The second-order valence-electron chi connectivity index (χ2n) is 6.49. The van der Waals surface area contributed by atoms with E-state index in [-0.39, 0.29) is 18.7 Å². The lowest BCUT2D eigenvalue weighted by Crippen LogP contribution is -2.25. The van der Waals surface area contributed by atoms with Gasteiger partial charge in [0.1, 0.15) is 0 Å². The van der Waals surface area contributed by atoms with E-state index >= 15 is 0 Å². The molecule has 0 N–H and O–H groups in total. The van der Waals surface area contributed by atoms with Gasteiger partial charge in [-0.25, -0.2) is 14.5 Å². The van der Waals surface area contributed by atoms with Crippen molar-refractivity contribution in [2.75, 3.05) is 6.61 Å². The number of benzene rings is 2. The fourth-order valence-electron chi connectivity index (χ4n) is 3.41. The highest BCUT2D eigenvalue weighted by Crippen LogP contribution is 2.24. The Morgan fingerprint density at radius 3 is 2.57 bits per heavy atom. The number of ether oxygens (including phenoxy) is 1. The summed E-state index contributed by atoms with van der Waals surface area (Å²) in [5, 5.41) is 6.50. The van der Waals surface area contributed by atoms with E-state index in [0.717, 1.165) is 21.9 Å². The van der Waals surface area contributed by atoms with Crippen molar-refractivity contribution >= 4 is 27.6 Å². The zero-order chi connectivity index (χ0) is 19.7. The van der Waals surface area contributed by atoms with Crippen LogP contribution in [0.1, 0.15) is 28.5 Å². The molecule has 0 radical (unpaired) electrons. The molecule has 0 bridgehead atoms. The summed E-state index contributed by atoms with van der Waals surface area (Å²) in [6, 6.07) is 14.9. The molecule has 0 spiro atoms. The molecule has 140 valence electrons. The quantitative estimate of drug-likeness (QED) is 0.512. The molecule has 0 atom stereocenters. The molecule has 4 rings (SSSR count). The van der Waals surface area contributed by atoms with E-state index in [1.54, 1.807) is 19.2 Å². The first-order valence-corrected chi connectivity index (χ1v) is 9.10. The highest BCUT2D eigenvalue weighted by Gasteiger charge is 2.21. The summed E-state index contributed by atoms with van der Waals surface area (Å²) in [4.78, 5) is 30.1. The third-order valence-electron chi connectivity index (χ3n) is 4.77. The highest BCUT2D eigenvalue weighted by atomic mass is 16.5. The molecule has 6 nitrogen and oxygen atoms in total. The second kappa shape index (κ2) is 7.23. The third-order valence-corrected chi connectivity index (χ3v) is 4.77. The lowest BCUT2D eigenvalue weighted by Gasteiger charge is -2.14. The van der Waals surface area contributed by atoms with Crippen LogP contribution in [0.25, 0.3) is 21.7 Å². The van der Waals surface area contributed by atoms with Gasteiger partial charge in [-0.3, -0.25) is 4.79 Å². The number of hydrogen-bond acceptors (Lipinski definition) is 5. The molecular weight excluding hydrogens is 354 g/mol. The minimum absolute atomic E-state index is 0.0868. The van der Waals surface area contributed by atoms with Gasteiger partial charge in [0.25, 0.3) is 5.56 Å². The summed E-state index contributed by atoms with van der Waals surface area (Å²) < 4.78 is 6.58. The predicted molar refractivity (Wildman–Crippen MR) is 108 cm³/mol. The van der Waals surface area contributed by atoms with Crippen molar-refractivity contribution < 1.29 is 9.53 Å². The number of carbonyl (C=O) groups excluding carboxylic acids is 1. The number of para-hydroxylation sites is 1. The van der Waals surface area contributed by atoms with Crippen molar-refractivity contribution in [3.63, 3.8) is 0 Å². The number of carbonyl (C=O) groups is 1. The monoisotopic (exact) mass is 373 g/mol. The van der Waals surface area contributed by atoms with Crippen LogP contribution in [0.2, 0.25) is 0 Å². The van der Waals surface area contributed by atoms with Crippen molar-refractivity contribution in [1.82, 2.24) is 14.8 Å². The van der Waals surface area contributed by atoms with Crippen LogP contribution in [-0.2, 0) is 11.3 Å². The minimum atomic E-state index is -0.443. The summed E-state index contributed by atoms with van der Waals surface area (Å²) >= 11 is 0. The van der Waals surface area contributed by atoms with Gasteiger partial charge in [-0.1, -0.05) is 36.4 Å². The number of rotatable bonds is 4. The first-order valence-electron chi connectivity index (χ1n) is 9.10. The minimum Gasteiger partial charge on any atom is -0.462 e. The first kappa shape index (κ1) is 17.9. The smallest absolute Gasteiger partial charge is 0.340 e. The van der Waals surface area contributed by atoms with Crippen molar-refractivity contribution in [2.24, 2.45) is 0 Å². The summed E-state index contributed by atoms with van der Waals surface area (Å²) in [7, 11) is 0. The van der Waals surface area contributed by atoms with Gasteiger partial charge in [-0.15, -0.1) is 0 Å². The Morgan fingerprint density at radius 1 is 1.07 bits per heavy atom. The molecule has 0 saturated heterocycles. The van der Waals surface area contributed by atoms with Gasteiger partial charge < -0.3 is 4.74 Å². The predicted octanol–water partition coefficient (Wildman–Crippen LogP) is 3.48. The number of hydrogen-bond donors (Lipinski definition) is 0. The fourth-order valence-corrected chi connectivity index (χ4v) is 3.41. The SMILES string of the molecule is CCOC(=O)c1c(Cn2ncc3ccccc3c2=O)nc2ccccc2c1C. The number of esters is 1. The largest absolute Gasteiger partial charge is 0.462 e. The molecule has 0 fully saturated rings. The Bertz CT molecular complexity index is 1260. The van der Waals surface area contributed by atoms with Gasteiger partial charge in [0.15, 0.2) is 0 Å². The maximum absolute atomic E-state index is 12.8. The molecular formula is C22H19N3O3. The van der Waals surface area contributed by atoms with Crippen LogP contribution >= 0.6 is 0 Å². The van der Waals surface area contributed by atoms with Crippen LogP contribution in [-0.4, -0.2) is 27.3 Å². The lowest BCUT2D eigenvalue weighted by molar-refractivity contribution is 0.0523. The molecule has 0 aliphatic heterocycles. The van der Waals surface area contributed by atoms with Crippen LogP contribution in [0.5, 0.6) is 0 Å². The molecule has 0 unspecified atom stereocenters. The van der Waals surface area contributed by atoms with Crippen molar-refractivity contribution in [3.8, 4) is 0 Å². The van der Waals surface area contributed by atoms with E-state index < -0.39 is 5.97 Å². The Hall–Kier alpha value is -3.54. The van der Waals surface area contributed by atoms with E-state index in [1.165, 1.54) is 4.68 Å². The van der Waals surface area contributed by atoms with Gasteiger partial charge in [0, 0.05) is 10.8 Å². The van der Waals surface area contributed by atoms with Crippen molar-refractivity contribution in [1.29, 1.82) is 0 Å². The molecule has 6 heteroatoms. The average Bonchev–Trinajstić information content (AvgIpc) is 2.70. The molecule has 0 aliphatic rings. The summed E-state index contributed by atoms with van der Waals surface area (Å²) in [5.41, 5.74) is 2.19. The maximum atomic E-state index is 12.8. The normalized spacial score (nSPS) is 11.1. The fraction of sp³-hybridized carbons (Fsp3) is 0.182. The van der Waals surface area contributed by atoms with Gasteiger partial charge in [0.2, 0.25) is 0 Å². The van der Waals surface area contributed by atoms with E-state index in [2.05, 4.69) is 10.1 Å². The Kier molecular flexibility index (Phi) is 4.61. The first-order chi connectivity index (χ1) is 13.6.